The molecule has 1 N–H and O–H groups in total. The van der Waals surface area contributed by atoms with Crippen LogP contribution in [0, 0.1) is 6.92 Å². The van der Waals surface area contributed by atoms with Crippen LogP contribution in [-0.2, 0) is 0 Å². The maximum absolute atomic E-state index is 8.85. The van der Waals surface area contributed by atoms with E-state index in [-0.39, 0.29) is 6.61 Å². The molecule has 0 aromatic carbocycles. The largest absolute Gasteiger partial charge is 0.395 e. The Hall–Kier alpha value is -1.20. The van der Waals surface area contributed by atoms with Crippen molar-refractivity contribution in [3.8, 4) is 0 Å². The molecule has 1 aromatic heterocycles. The zero-order valence-corrected chi connectivity index (χ0v) is 11.6. The maximum atomic E-state index is 8.85. The Bertz CT molecular complexity index is 320. The normalized spacial score (nSPS) is 16.1. The van der Waals surface area contributed by atoms with Crippen molar-refractivity contribution in [2.24, 2.45) is 0 Å². The highest BCUT2D eigenvalue weighted by Crippen LogP contribution is 2.11. The number of β-amino-alcohol motifs (C(OH)–C–C–N with tert-alkyl or cyclic N) is 1. The van der Waals surface area contributed by atoms with Gasteiger partial charge in [-0.15, -0.1) is 0 Å². The minimum Gasteiger partial charge on any atom is -0.395 e. The molecule has 0 radical (unpaired) electrons. The lowest BCUT2D eigenvalue weighted by Gasteiger charge is -2.34. The molecule has 0 amide bonds. The Labute approximate surface area is 109 Å². The summed E-state index contributed by atoms with van der Waals surface area (Å²) in [5, 5.41) is 8.85. The first-order valence-corrected chi connectivity index (χ1v) is 6.66. The molecule has 5 heteroatoms. The number of hydrogen-bond donors (Lipinski definition) is 1. The van der Waals surface area contributed by atoms with Gasteiger partial charge in [0.2, 0.25) is 0 Å². The van der Waals surface area contributed by atoms with Crippen molar-refractivity contribution in [2.45, 2.75) is 20.8 Å². The summed E-state index contributed by atoms with van der Waals surface area (Å²) in [6.45, 7) is 10.8. The lowest BCUT2D eigenvalue weighted by atomic mass is 10.3. The van der Waals surface area contributed by atoms with Gasteiger partial charge in [0.25, 0.3) is 0 Å². The van der Waals surface area contributed by atoms with Crippen LogP contribution >= 0.6 is 0 Å². The zero-order chi connectivity index (χ0) is 13.4. The Morgan fingerprint density at radius 2 is 1.78 bits per heavy atom. The molecule has 1 saturated heterocycles. The lowest BCUT2D eigenvalue weighted by Crippen LogP contribution is -2.47. The van der Waals surface area contributed by atoms with Gasteiger partial charge in [0.15, 0.2) is 0 Å². The van der Waals surface area contributed by atoms with E-state index < -0.39 is 0 Å². The molecular formula is C13H24N4O. The molecule has 0 bridgehead atoms. The summed E-state index contributed by atoms with van der Waals surface area (Å²) >= 11 is 0. The van der Waals surface area contributed by atoms with Gasteiger partial charge in [-0.1, -0.05) is 13.8 Å². The first kappa shape index (κ1) is 14.9. The van der Waals surface area contributed by atoms with Crippen LogP contribution in [0.15, 0.2) is 12.4 Å². The van der Waals surface area contributed by atoms with Gasteiger partial charge >= 0.3 is 0 Å². The molecule has 102 valence electrons. The highest BCUT2D eigenvalue weighted by Gasteiger charge is 2.17. The van der Waals surface area contributed by atoms with Crippen LogP contribution in [0.4, 0.5) is 5.82 Å². The van der Waals surface area contributed by atoms with Gasteiger partial charge in [0.1, 0.15) is 5.82 Å². The van der Waals surface area contributed by atoms with E-state index in [1.165, 1.54) is 0 Å². The zero-order valence-electron chi connectivity index (χ0n) is 11.6. The van der Waals surface area contributed by atoms with E-state index in [4.69, 9.17) is 5.11 Å². The van der Waals surface area contributed by atoms with Gasteiger partial charge in [-0.2, -0.15) is 0 Å². The van der Waals surface area contributed by atoms with Crippen LogP contribution in [0.3, 0.4) is 0 Å². The molecule has 1 aromatic rings. The van der Waals surface area contributed by atoms with Crippen LogP contribution in [-0.4, -0.2) is 59.3 Å². The number of piperazine rings is 1. The van der Waals surface area contributed by atoms with Crippen LogP contribution in [0.25, 0.3) is 0 Å². The van der Waals surface area contributed by atoms with Gasteiger partial charge in [0.05, 0.1) is 24.7 Å². The fraction of sp³-hybridized carbons (Fsp3) is 0.692. The van der Waals surface area contributed by atoms with Crippen molar-refractivity contribution in [1.82, 2.24) is 14.9 Å². The van der Waals surface area contributed by atoms with E-state index in [0.29, 0.717) is 0 Å². The molecule has 0 saturated carbocycles. The average Bonchev–Trinajstić information content (AvgIpc) is 2.43. The topological polar surface area (TPSA) is 52.5 Å². The molecule has 18 heavy (non-hydrogen) atoms. The number of nitrogens with zero attached hydrogens (tertiary/aromatic N) is 4. The standard InChI is InChI=1S/C11H18N4O.C2H6/c1-10-8-13-11(9-12-10)15-4-2-14(3-5-15)6-7-16;1-2/h8-9,16H,2-7H2,1H3;1-2H3. The van der Waals surface area contributed by atoms with E-state index in [1.54, 1.807) is 6.20 Å². The van der Waals surface area contributed by atoms with Crippen LogP contribution in [0.5, 0.6) is 0 Å². The SMILES string of the molecule is CC.Cc1cnc(N2CCN(CCO)CC2)cn1. The number of hydrogen-bond acceptors (Lipinski definition) is 5. The summed E-state index contributed by atoms with van der Waals surface area (Å²) < 4.78 is 0. The van der Waals surface area contributed by atoms with E-state index in [9.17, 15) is 0 Å². The fourth-order valence-corrected chi connectivity index (χ4v) is 1.89. The smallest absolute Gasteiger partial charge is 0.147 e. The monoisotopic (exact) mass is 252 g/mol. The average molecular weight is 252 g/mol. The second-order valence-electron chi connectivity index (χ2n) is 4.07. The molecule has 1 fully saturated rings. The van der Waals surface area contributed by atoms with Crippen molar-refractivity contribution in [3.05, 3.63) is 18.1 Å². The van der Waals surface area contributed by atoms with E-state index >= 15 is 0 Å². The Balaban J connectivity index is 0.000000771. The van der Waals surface area contributed by atoms with Crippen molar-refractivity contribution in [3.63, 3.8) is 0 Å². The van der Waals surface area contributed by atoms with Gasteiger partial charge in [-0.25, -0.2) is 4.98 Å². The minimum absolute atomic E-state index is 0.240. The molecule has 0 aliphatic carbocycles. The van der Waals surface area contributed by atoms with Crippen molar-refractivity contribution >= 4 is 5.82 Å². The Morgan fingerprint density at radius 3 is 2.28 bits per heavy atom. The number of anilines is 1. The number of aromatic nitrogens is 2. The van der Waals surface area contributed by atoms with Gasteiger partial charge in [-0.3, -0.25) is 9.88 Å². The van der Waals surface area contributed by atoms with E-state index in [2.05, 4.69) is 19.8 Å². The first-order valence-electron chi connectivity index (χ1n) is 6.66. The van der Waals surface area contributed by atoms with Crippen LogP contribution in [0.1, 0.15) is 19.5 Å². The van der Waals surface area contributed by atoms with Crippen LogP contribution in [0.2, 0.25) is 0 Å². The Kier molecular flexibility index (Phi) is 6.60. The maximum Gasteiger partial charge on any atom is 0.147 e. The van der Waals surface area contributed by atoms with Gasteiger partial charge < -0.3 is 10.0 Å². The predicted molar refractivity (Wildman–Crippen MR) is 73.9 cm³/mol. The number of aliphatic hydroxyl groups is 1. The Morgan fingerprint density at radius 1 is 1.11 bits per heavy atom. The summed E-state index contributed by atoms with van der Waals surface area (Å²) in [6, 6.07) is 0. The summed E-state index contributed by atoms with van der Waals surface area (Å²) in [7, 11) is 0. The molecule has 1 aliphatic heterocycles. The molecular weight excluding hydrogens is 228 g/mol. The van der Waals surface area contributed by atoms with Gasteiger partial charge in [0, 0.05) is 32.7 Å². The second-order valence-corrected chi connectivity index (χ2v) is 4.07. The minimum atomic E-state index is 0.240. The van der Waals surface area contributed by atoms with E-state index in [0.717, 1.165) is 44.2 Å². The number of aryl methyl sites for hydroxylation is 1. The third-order valence-electron chi connectivity index (χ3n) is 2.88. The highest BCUT2D eigenvalue weighted by atomic mass is 16.3. The van der Waals surface area contributed by atoms with Gasteiger partial charge in [-0.05, 0) is 6.92 Å². The molecule has 0 spiro atoms. The van der Waals surface area contributed by atoms with Crippen molar-refractivity contribution in [2.75, 3.05) is 44.2 Å². The quantitative estimate of drug-likeness (QED) is 0.867. The lowest BCUT2D eigenvalue weighted by molar-refractivity contribution is 0.188. The van der Waals surface area contributed by atoms with Crippen molar-refractivity contribution < 1.29 is 5.11 Å². The van der Waals surface area contributed by atoms with Crippen LogP contribution < -0.4 is 4.90 Å². The molecule has 2 rings (SSSR count). The second kappa shape index (κ2) is 8.00. The third kappa shape index (κ3) is 4.23. The van der Waals surface area contributed by atoms with E-state index in [1.807, 2.05) is 27.0 Å². The number of aliphatic hydroxyl groups excluding tert-OH is 1. The molecule has 1 aliphatic rings. The predicted octanol–water partition coefficient (Wildman–Crippen LogP) is 0.926. The highest BCUT2D eigenvalue weighted by molar-refractivity contribution is 5.36. The summed E-state index contributed by atoms with van der Waals surface area (Å²) in [6.07, 6.45) is 3.63. The summed E-state index contributed by atoms with van der Waals surface area (Å²) in [5.41, 5.74) is 0.947. The fourth-order valence-electron chi connectivity index (χ4n) is 1.89. The first-order chi connectivity index (χ1) is 8.79. The molecule has 5 nitrogen and oxygen atoms in total. The molecule has 0 atom stereocenters. The summed E-state index contributed by atoms with van der Waals surface area (Å²) in [5.74, 6) is 0.953. The third-order valence-corrected chi connectivity index (χ3v) is 2.88. The number of rotatable bonds is 3. The summed E-state index contributed by atoms with van der Waals surface area (Å²) in [4.78, 5) is 13.1. The molecule has 0 unspecified atom stereocenters. The molecule has 2 heterocycles. The van der Waals surface area contributed by atoms with Crippen molar-refractivity contribution in [1.29, 1.82) is 0 Å².